The van der Waals surface area contributed by atoms with Crippen molar-refractivity contribution in [2.24, 2.45) is 17.8 Å². The molecule has 4 heteroatoms. The molecule has 1 aliphatic rings. The zero-order valence-corrected chi connectivity index (χ0v) is 19.6. The second-order valence-electron chi connectivity index (χ2n) is 8.83. The van der Waals surface area contributed by atoms with Crippen LogP contribution < -0.4 is 0 Å². The zero-order valence-electron chi connectivity index (χ0n) is 19.6. The number of Topliss-reactive ketones (excluding diaryl/α,β-unsaturated/α-hetero) is 2. The summed E-state index contributed by atoms with van der Waals surface area (Å²) in [7, 11) is 0. The lowest BCUT2D eigenvalue weighted by Gasteiger charge is -2.16. The molecule has 0 radical (unpaired) electrons. The van der Waals surface area contributed by atoms with E-state index in [-0.39, 0.29) is 17.6 Å². The monoisotopic (exact) mass is 402 g/mol. The third kappa shape index (κ3) is 6.81. The van der Waals surface area contributed by atoms with Gasteiger partial charge >= 0.3 is 0 Å². The van der Waals surface area contributed by atoms with E-state index in [1.807, 2.05) is 46.8 Å². The fourth-order valence-corrected chi connectivity index (χ4v) is 3.81. The Morgan fingerprint density at radius 2 is 1.76 bits per heavy atom. The molecule has 0 aliphatic carbocycles. The molecular weight excluding hydrogens is 364 g/mol. The molecule has 2 unspecified atom stereocenters. The molecule has 0 fully saturated rings. The average molecular weight is 403 g/mol. The number of allylic oxidation sites excluding steroid dienone is 6. The lowest BCUT2D eigenvalue weighted by atomic mass is 9.88. The van der Waals surface area contributed by atoms with Crippen LogP contribution in [-0.2, 0) is 14.3 Å². The van der Waals surface area contributed by atoms with E-state index in [1.54, 1.807) is 6.92 Å². The van der Waals surface area contributed by atoms with Crippen molar-refractivity contribution in [2.45, 2.75) is 80.9 Å². The predicted molar refractivity (Wildman–Crippen MR) is 118 cm³/mol. The van der Waals surface area contributed by atoms with Crippen LogP contribution in [0.1, 0.15) is 75.2 Å². The quantitative estimate of drug-likeness (QED) is 0.398. The molecule has 0 amide bonds. The smallest absolute Gasteiger partial charge is 0.269 e. The van der Waals surface area contributed by atoms with Gasteiger partial charge in [0, 0.05) is 18.4 Å². The Balaban J connectivity index is 2.89. The summed E-state index contributed by atoms with van der Waals surface area (Å²) in [6.45, 7) is 17.1. The molecule has 4 atom stereocenters. The summed E-state index contributed by atoms with van der Waals surface area (Å²) < 4.78 is 5.44. The summed E-state index contributed by atoms with van der Waals surface area (Å²) >= 11 is 0. The molecule has 0 spiro atoms. The van der Waals surface area contributed by atoms with E-state index in [2.05, 4.69) is 19.9 Å². The lowest BCUT2D eigenvalue weighted by molar-refractivity contribution is -0.169. The Hall–Kier alpha value is -1.94. The summed E-state index contributed by atoms with van der Waals surface area (Å²) in [6, 6.07) is 0. The molecule has 4 nitrogen and oxygen atoms in total. The van der Waals surface area contributed by atoms with Crippen LogP contribution in [0.4, 0.5) is 0 Å². The van der Waals surface area contributed by atoms with Gasteiger partial charge in [-0.2, -0.15) is 0 Å². The molecule has 1 aliphatic heterocycles. The maximum absolute atomic E-state index is 12.6. The minimum atomic E-state index is -1.79. The van der Waals surface area contributed by atoms with Gasteiger partial charge in [0.2, 0.25) is 5.78 Å². The van der Waals surface area contributed by atoms with Gasteiger partial charge in [0.1, 0.15) is 5.76 Å². The first-order valence-corrected chi connectivity index (χ1v) is 10.6. The van der Waals surface area contributed by atoms with Crippen molar-refractivity contribution in [3.05, 3.63) is 46.3 Å². The molecule has 0 bridgehead atoms. The highest BCUT2D eigenvalue weighted by atomic mass is 16.6. The van der Waals surface area contributed by atoms with Gasteiger partial charge in [-0.05, 0) is 57.1 Å². The molecule has 0 aromatic carbocycles. The highest BCUT2D eigenvalue weighted by molar-refractivity contribution is 6.03. The van der Waals surface area contributed by atoms with Gasteiger partial charge in [0.25, 0.3) is 5.79 Å². The summed E-state index contributed by atoms with van der Waals surface area (Å²) in [4.78, 5) is 24.6. The molecule has 29 heavy (non-hydrogen) atoms. The second kappa shape index (κ2) is 10.2. The van der Waals surface area contributed by atoms with E-state index in [1.165, 1.54) is 6.92 Å². The van der Waals surface area contributed by atoms with Crippen LogP contribution in [0.5, 0.6) is 0 Å². The van der Waals surface area contributed by atoms with Crippen molar-refractivity contribution in [1.29, 1.82) is 0 Å². The van der Waals surface area contributed by atoms with Gasteiger partial charge in [-0.25, -0.2) is 0 Å². The Morgan fingerprint density at radius 3 is 2.24 bits per heavy atom. The fraction of sp³-hybridized carbons (Fsp3) is 0.600. The molecular formula is C25H38O4. The molecule has 0 saturated carbocycles. The van der Waals surface area contributed by atoms with Crippen LogP contribution in [0.25, 0.3) is 0 Å². The van der Waals surface area contributed by atoms with Crippen molar-refractivity contribution in [3.8, 4) is 0 Å². The fourth-order valence-electron chi connectivity index (χ4n) is 3.81. The highest BCUT2D eigenvalue weighted by Gasteiger charge is 2.42. The minimum absolute atomic E-state index is 0.0420. The molecule has 1 rings (SSSR count). The lowest BCUT2D eigenvalue weighted by Crippen LogP contribution is -2.32. The average Bonchev–Trinajstić information content (AvgIpc) is 2.83. The first-order chi connectivity index (χ1) is 13.3. The third-order valence-electron chi connectivity index (χ3n) is 5.53. The summed E-state index contributed by atoms with van der Waals surface area (Å²) in [5.41, 5.74) is 3.02. The predicted octanol–water partition coefficient (Wildman–Crippen LogP) is 5.68. The van der Waals surface area contributed by atoms with Crippen LogP contribution in [0.3, 0.4) is 0 Å². The highest BCUT2D eigenvalue weighted by Crippen LogP contribution is 2.32. The Bertz CT molecular complexity index is 762. The summed E-state index contributed by atoms with van der Waals surface area (Å²) in [5, 5.41) is 10.0. The number of aliphatic hydroxyl groups is 1. The van der Waals surface area contributed by atoms with Crippen LogP contribution in [0.2, 0.25) is 0 Å². The van der Waals surface area contributed by atoms with Gasteiger partial charge in [0.15, 0.2) is 5.78 Å². The van der Waals surface area contributed by atoms with Gasteiger partial charge in [-0.15, -0.1) is 0 Å². The zero-order chi connectivity index (χ0) is 22.5. The van der Waals surface area contributed by atoms with E-state index in [0.717, 1.165) is 29.6 Å². The topological polar surface area (TPSA) is 63.6 Å². The van der Waals surface area contributed by atoms with Gasteiger partial charge in [0.05, 0.1) is 0 Å². The van der Waals surface area contributed by atoms with Crippen molar-refractivity contribution >= 4 is 11.6 Å². The van der Waals surface area contributed by atoms with Crippen molar-refractivity contribution < 1.29 is 19.4 Å². The van der Waals surface area contributed by atoms with E-state index in [0.29, 0.717) is 17.3 Å². The molecule has 0 aromatic heterocycles. The van der Waals surface area contributed by atoms with E-state index >= 15 is 0 Å². The SMILES string of the molecule is CC[C@H](C)C[C@H](C)C(=O)/C(C)=C/C(C)/C=C(C)/C=C(\C)C1=C(C)C(=O)C(C)(O)O1. The molecule has 162 valence electrons. The second-order valence-corrected chi connectivity index (χ2v) is 8.83. The number of rotatable bonds is 9. The first kappa shape index (κ1) is 25.1. The Morgan fingerprint density at radius 1 is 1.17 bits per heavy atom. The normalized spacial score (nSPS) is 24.5. The van der Waals surface area contributed by atoms with E-state index < -0.39 is 11.6 Å². The summed E-state index contributed by atoms with van der Waals surface area (Å²) in [6.07, 6.45) is 8.02. The summed E-state index contributed by atoms with van der Waals surface area (Å²) in [5.74, 6) is -0.844. The van der Waals surface area contributed by atoms with Gasteiger partial charge in [-0.1, -0.05) is 57.9 Å². The minimum Gasteiger partial charge on any atom is -0.454 e. The van der Waals surface area contributed by atoms with Crippen LogP contribution in [0.15, 0.2) is 46.3 Å². The van der Waals surface area contributed by atoms with Crippen molar-refractivity contribution in [2.75, 3.05) is 0 Å². The number of ketones is 2. The van der Waals surface area contributed by atoms with Crippen molar-refractivity contribution in [1.82, 2.24) is 0 Å². The maximum Gasteiger partial charge on any atom is 0.269 e. The largest absolute Gasteiger partial charge is 0.454 e. The first-order valence-electron chi connectivity index (χ1n) is 10.6. The Labute approximate surface area is 176 Å². The number of ether oxygens (including phenoxy) is 1. The van der Waals surface area contributed by atoms with Crippen LogP contribution in [-0.4, -0.2) is 22.5 Å². The van der Waals surface area contributed by atoms with Crippen LogP contribution in [0, 0.1) is 17.8 Å². The number of carbonyl (C=O) groups excluding carboxylic acids is 2. The number of hydrogen-bond acceptors (Lipinski definition) is 4. The van der Waals surface area contributed by atoms with Crippen LogP contribution >= 0.6 is 0 Å². The van der Waals surface area contributed by atoms with E-state index in [4.69, 9.17) is 4.74 Å². The molecule has 1 heterocycles. The molecule has 1 N–H and O–H groups in total. The standard InChI is InChI=1S/C25H38O4/c1-10-15(2)12-18(5)22(26)19(6)13-16(3)11-17(4)14-20(7)23-21(8)24(27)25(9,28)29-23/h11,13-16,18,28H,10,12H2,1-9H3/b17-11+,19-13+,20-14+/t15-,16?,18-,25?/m0/s1. The van der Waals surface area contributed by atoms with E-state index in [9.17, 15) is 14.7 Å². The Kier molecular flexibility index (Phi) is 8.83. The van der Waals surface area contributed by atoms with Gasteiger partial charge in [-0.3, -0.25) is 9.59 Å². The molecule has 0 saturated heterocycles. The number of carbonyl (C=O) groups is 2. The molecule has 0 aromatic rings. The third-order valence-corrected chi connectivity index (χ3v) is 5.53. The maximum atomic E-state index is 12.6. The van der Waals surface area contributed by atoms with Crippen molar-refractivity contribution in [3.63, 3.8) is 0 Å². The van der Waals surface area contributed by atoms with Gasteiger partial charge < -0.3 is 9.84 Å². The number of hydrogen-bond donors (Lipinski definition) is 1.